The van der Waals surface area contributed by atoms with Gasteiger partial charge in [-0.3, -0.25) is 19.3 Å². The molecule has 3 rings (SSSR count). The molecular formula is C17H21N3O3. The Morgan fingerprint density at radius 3 is 2.70 bits per heavy atom. The number of hydrogen-bond acceptors (Lipinski definition) is 4. The Bertz CT molecular complexity index is 671. The first kappa shape index (κ1) is 15.5. The van der Waals surface area contributed by atoms with E-state index in [-0.39, 0.29) is 35.3 Å². The van der Waals surface area contributed by atoms with Crippen molar-refractivity contribution < 1.29 is 14.4 Å². The van der Waals surface area contributed by atoms with Gasteiger partial charge in [0, 0.05) is 11.7 Å². The van der Waals surface area contributed by atoms with Crippen LogP contribution in [0.25, 0.3) is 0 Å². The Balaban J connectivity index is 1.69. The number of imide groups is 1. The van der Waals surface area contributed by atoms with Gasteiger partial charge in [-0.15, -0.1) is 0 Å². The zero-order chi connectivity index (χ0) is 16.6. The van der Waals surface area contributed by atoms with Crippen LogP contribution in [0, 0.1) is 5.92 Å². The number of anilines is 1. The van der Waals surface area contributed by atoms with Gasteiger partial charge in [0.25, 0.3) is 11.8 Å². The standard InChI is InChI=1S/C17H21N3O3/c1-10-5-2-3-8-13(10)19-14(21)9-20-16(22)11-6-4-7-12(18)15(11)17(20)23/h4,6-7,10,13H,2-3,5,8-9,18H2,1H3,(H,19,21)/t10-,13-/m1/s1. The van der Waals surface area contributed by atoms with Crippen LogP contribution in [0.2, 0.25) is 0 Å². The lowest BCUT2D eigenvalue weighted by Crippen LogP contribution is -2.46. The number of nitrogens with one attached hydrogen (secondary N) is 1. The fourth-order valence-electron chi connectivity index (χ4n) is 3.43. The molecule has 6 nitrogen and oxygen atoms in total. The van der Waals surface area contributed by atoms with E-state index in [4.69, 9.17) is 5.73 Å². The summed E-state index contributed by atoms with van der Waals surface area (Å²) in [7, 11) is 0. The smallest absolute Gasteiger partial charge is 0.264 e. The van der Waals surface area contributed by atoms with Crippen molar-refractivity contribution in [1.29, 1.82) is 0 Å². The molecule has 1 fully saturated rings. The Hall–Kier alpha value is -2.37. The van der Waals surface area contributed by atoms with Crippen molar-refractivity contribution in [2.45, 2.75) is 38.6 Å². The minimum atomic E-state index is -0.491. The summed E-state index contributed by atoms with van der Waals surface area (Å²) < 4.78 is 0. The highest BCUT2D eigenvalue weighted by atomic mass is 16.2. The van der Waals surface area contributed by atoms with Crippen LogP contribution in [-0.4, -0.2) is 35.2 Å². The topological polar surface area (TPSA) is 92.5 Å². The van der Waals surface area contributed by atoms with Crippen LogP contribution in [0.4, 0.5) is 5.69 Å². The van der Waals surface area contributed by atoms with Gasteiger partial charge >= 0.3 is 0 Å². The molecule has 0 spiro atoms. The van der Waals surface area contributed by atoms with E-state index in [2.05, 4.69) is 12.2 Å². The summed E-state index contributed by atoms with van der Waals surface area (Å²) in [6, 6.07) is 4.90. The lowest BCUT2D eigenvalue weighted by atomic mass is 9.86. The number of fused-ring (bicyclic) bond motifs is 1. The van der Waals surface area contributed by atoms with Crippen molar-refractivity contribution in [2.75, 3.05) is 12.3 Å². The minimum Gasteiger partial charge on any atom is -0.398 e. The van der Waals surface area contributed by atoms with Crippen LogP contribution in [0.15, 0.2) is 18.2 Å². The Morgan fingerprint density at radius 2 is 2.00 bits per heavy atom. The van der Waals surface area contributed by atoms with Crippen LogP contribution >= 0.6 is 0 Å². The molecule has 0 aromatic heterocycles. The highest BCUT2D eigenvalue weighted by Gasteiger charge is 2.38. The molecule has 6 heteroatoms. The monoisotopic (exact) mass is 315 g/mol. The van der Waals surface area contributed by atoms with E-state index in [9.17, 15) is 14.4 Å². The van der Waals surface area contributed by atoms with Gasteiger partial charge in [0.2, 0.25) is 5.91 Å². The number of hydrogen-bond donors (Lipinski definition) is 2. The Morgan fingerprint density at radius 1 is 1.26 bits per heavy atom. The first-order valence-electron chi connectivity index (χ1n) is 8.03. The van der Waals surface area contributed by atoms with Gasteiger partial charge in [0.15, 0.2) is 0 Å². The Kier molecular flexibility index (Phi) is 4.07. The van der Waals surface area contributed by atoms with E-state index in [1.54, 1.807) is 18.2 Å². The second kappa shape index (κ2) is 6.02. The third kappa shape index (κ3) is 2.81. The molecule has 0 radical (unpaired) electrons. The average Bonchev–Trinajstić information content (AvgIpc) is 2.76. The van der Waals surface area contributed by atoms with Gasteiger partial charge in [-0.25, -0.2) is 0 Å². The Labute approximate surface area is 135 Å². The maximum atomic E-state index is 12.4. The first-order valence-corrected chi connectivity index (χ1v) is 8.03. The van der Waals surface area contributed by atoms with Gasteiger partial charge in [0.1, 0.15) is 6.54 Å². The molecule has 1 aliphatic carbocycles. The highest BCUT2D eigenvalue weighted by molar-refractivity contribution is 6.24. The molecule has 122 valence electrons. The van der Waals surface area contributed by atoms with Crippen molar-refractivity contribution in [2.24, 2.45) is 5.92 Å². The van der Waals surface area contributed by atoms with E-state index in [0.717, 1.165) is 24.2 Å². The second-order valence-corrected chi connectivity index (χ2v) is 6.40. The molecule has 1 aromatic rings. The molecule has 3 amide bonds. The van der Waals surface area contributed by atoms with Crippen LogP contribution in [0.3, 0.4) is 0 Å². The molecule has 23 heavy (non-hydrogen) atoms. The molecule has 2 aliphatic rings. The summed E-state index contributed by atoms with van der Waals surface area (Å²) in [6.07, 6.45) is 4.32. The van der Waals surface area contributed by atoms with Crippen molar-refractivity contribution >= 4 is 23.4 Å². The second-order valence-electron chi connectivity index (χ2n) is 6.40. The van der Waals surface area contributed by atoms with Crippen LogP contribution < -0.4 is 11.1 Å². The maximum Gasteiger partial charge on any atom is 0.264 e. The van der Waals surface area contributed by atoms with Crippen LogP contribution in [0.1, 0.15) is 53.3 Å². The van der Waals surface area contributed by atoms with E-state index < -0.39 is 11.8 Å². The fraction of sp³-hybridized carbons (Fsp3) is 0.471. The molecule has 1 saturated carbocycles. The number of nitrogens with zero attached hydrogens (tertiary/aromatic N) is 1. The van der Waals surface area contributed by atoms with E-state index in [1.807, 2.05) is 0 Å². The number of carbonyl (C=O) groups is 3. The van der Waals surface area contributed by atoms with Gasteiger partial charge < -0.3 is 11.1 Å². The van der Waals surface area contributed by atoms with Gasteiger partial charge in [-0.2, -0.15) is 0 Å². The third-order valence-electron chi connectivity index (χ3n) is 4.79. The van der Waals surface area contributed by atoms with E-state index in [0.29, 0.717) is 5.92 Å². The number of carbonyl (C=O) groups excluding carboxylic acids is 3. The van der Waals surface area contributed by atoms with Gasteiger partial charge in [0.05, 0.1) is 11.1 Å². The number of amides is 3. The fourth-order valence-corrected chi connectivity index (χ4v) is 3.43. The predicted octanol–water partition coefficient (Wildman–Crippen LogP) is 1.56. The lowest BCUT2D eigenvalue weighted by molar-refractivity contribution is -0.122. The van der Waals surface area contributed by atoms with Gasteiger partial charge in [-0.05, 0) is 30.9 Å². The predicted molar refractivity (Wildman–Crippen MR) is 85.8 cm³/mol. The SMILES string of the molecule is C[C@@H]1CCCC[C@H]1NC(=O)CN1C(=O)c2cccc(N)c2C1=O. The normalized spacial score (nSPS) is 23.8. The number of benzene rings is 1. The molecule has 1 aromatic carbocycles. The van der Waals surface area contributed by atoms with E-state index in [1.165, 1.54) is 6.42 Å². The summed E-state index contributed by atoms with van der Waals surface area (Å²) in [5, 5.41) is 2.96. The van der Waals surface area contributed by atoms with Crippen molar-refractivity contribution in [3.8, 4) is 0 Å². The molecular weight excluding hydrogens is 294 g/mol. The largest absolute Gasteiger partial charge is 0.398 e. The maximum absolute atomic E-state index is 12.4. The quantitative estimate of drug-likeness (QED) is 0.654. The van der Waals surface area contributed by atoms with Crippen molar-refractivity contribution in [1.82, 2.24) is 10.2 Å². The summed E-state index contributed by atoms with van der Waals surface area (Å²) in [6.45, 7) is 1.86. The third-order valence-corrected chi connectivity index (χ3v) is 4.79. The molecule has 1 aliphatic heterocycles. The molecule has 2 atom stereocenters. The lowest BCUT2D eigenvalue weighted by Gasteiger charge is -2.30. The first-order chi connectivity index (χ1) is 11.0. The van der Waals surface area contributed by atoms with Gasteiger partial charge in [-0.1, -0.05) is 25.8 Å². The summed E-state index contributed by atoms with van der Waals surface area (Å²) in [4.78, 5) is 37.9. The van der Waals surface area contributed by atoms with E-state index >= 15 is 0 Å². The zero-order valence-electron chi connectivity index (χ0n) is 13.2. The minimum absolute atomic E-state index is 0.122. The van der Waals surface area contributed by atoms with Crippen LogP contribution in [-0.2, 0) is 4.79 Å². The molecule has 1 heterocycles. The number of rotatable bonds is 3. The van der Waals surface area contributed by atoms with Crippen molar-refractivity contribution in [3.05, 3.63) is 29.3 Å². The summed E-state index contributed by atoms with van der Waals surface area (Å²) in [5.74, 6) is -0.818. The van der Waals surface area contributed by atoms with Crippen LogP contribution in [0.5, 0.6) is 0 Å². The molecule has 0 bridgehead atoms. The summed E-state index contributed by atoms with van der Waals surface area (Å²) in [5.41, 5.74) is 6.53. The zero-order valence-corrected chi connectivity index (χ0v) is 13.2. The van der Waals surface area contributed by atoms with Crippen molar-refractivity contribution in [3.63, 3.8) is 0 Å². The average molecular weight is 315 g/mol. The number of nitrogen functional groups attached to an aromatic ring is 1. The molecule has 0 saturated heterocycles. The molecule has 0 unspecified atom stereocenters. The summed E-state index contributed by atoms with van der Waals surface area (Å²) >= 11 is 0. The number of nitrogens with two attached hydrogens (primary N) is 1. The molecule has 3 N–H and O–H groups in total. The highest BCUT2D eigenvalue weighted by Crippen LogP contribution is 2.27.